The number of aromatic nitrogens is 2. The van der Waals surface area contributed by atoms with Crippen LogP contribution in [-0.4, -0.2) is 15.6 Å². The lowest BCUT2D eigenvalue weighted by molar-refractivity contribution is 0.293. The Bertz CT molecular complexity index is 581. The maximum absolute atomic E-state index is 5.88. The number of hydrogen-bond acceptors (Lipinski definition) is 3. The van der Waals surface area contributed by atoms with Crippen molar-refractivity contribution in [1.82, 2.24) is 14.9 Å². The molecule has 2 aromatic rings. The summed E-state index contributed by atoms with van der Waals surface area (Å²) in [6, 6.07) is 6.68. The normalized spacial score (nSPS) is 11.1. The molecule has 21 heavy (non-hydrogen) atoms. The molecule has 1 N–H and O–H groups in total. The molecule has 1 aromatic carbocycles. The first-order chi connectivity index (χ1) is 10.1. The van der Waals surface area contributed by atoms with Gasteiger partial charge in [0.15, 0.2) is 0 Å². The summed E-state index contributed by atoms with van der Waals surface area (Å²) in [5.41, 5.74) is 2.32. The van der Waals surface area contributed by atoms with E-state index < -0.39 is 0 Å². The smallest absolute Gasteiger partial charge is 0.134 e. The van der Waals surface area contributed by atoms with Crippen molar-refractivity contribution in [3.63, 3.8) is 0 Å². The molecule has 0 radical (unpaired) electrons. The number of hydrogen-bond donors (Lipinski definition) is 1. The van der Waals surface area contributed by atoms with Crippen molar-refractivity contribution in [2.45, 2.75) is 46.5 Å². The maximum Gasteiger partial charge on any atom is 0.134 e. The number of nitrogens with one attached hydrogen (secondary N) is 1. The Kier molecular flexibility index (Phi) is 5.82. The highest BCUT2D eigenvalue weighted by molar-refractivity contribution is 9.10. The van der Waals surface area contributed by atoms with E-state index in [0.717, 1.165) is 29.0 Å². The first-order valence-electron chi connectivity index (χ1n) is 7.23. The van der Waals surface area contributed by atoms with Crippen LogP contribution in [0.25, 0.3) is 0 Å². The van der Waals surface area contributed by atoms with Crippen LogP contribution in [0.4, 0.5) is 0 Å². The average Bonchev–Trinajstić information content (AvgIpc) is 2.91. The van der Waals surface area contributed by atoms with Gasteiger partial charge in [-0.15, -0.1) is 0 Å². The van der Waals surface area contributed by atoms with E-state index in [1.54, 1.807) is 0 Å². The van der Waals surface area contributed by atoms with Gasteiger partial charge in [-0.25, -0.2) is 4.98 Å². The summed E-state index contributed by atoms with van der Waals surface area (Å²) in [7, 11) is 0. The van der Waals surface area contributed by atoms with Gasteiger partial charge in [0.25, 0.3) is 0 Å². The van der Waals surface area contributed by atoms with Gasteiger partial charge in [-0.3, -0.25) is 0 Å². The lowest BCUT2D eigenvalue weighted by Gasteiger charge is -2.12. The Morgan fingerprint density at radius 1 is 1.38 bits per heavy atom. The van der Waals surface area contributed by atoms with Gasteiger partial charge in [-0.1, -0.05) is 19.9 Å². The third-order valence-corrected chi connectivity index (χ3v) is 3.85. The summed E-state index contributed by atoms with van der Waals surface area (Å²) in [6.07, 6.45) is 3.67. The van der Waals surface area contributed by atoms with Crippen molar-refractivity contribution in [1.29, 1.82) is 0 Å². The summed E-state index contributed by atoms with van der Waals surface area (Å²) < 4.78 is 8.93. The average molecular weight is 352 g/mol. The largest absolute Gasteiger partial charge is 0.486 e. The lowest BCUT2D eigenvalue weighted by atomic mass is 10.2. The van der Waals surface area contributed by atoms with E-state index in [2.05, 4.69) is 63.7 Å². The molecule has 2 rings (SSSR count). The zero-order chi connectivity index (χ0) is 15.2. The minimum atomic E-state index is 0.481. The molecule has 0 bridgehead atoms. The standard InChI is InChI=1S/C16H22BrN3O/c1-4-20-11-18-9-14(20)10-21-16-6-5-13(7-15(16)17)8-19-12(2)3/h5-7,9,11-12,19H,4,8,10H2,1-3H3. The number of imidazole rings is 1. The van der Waals surface area contributed by atoms with Gasteiger partial charge in [-0.2, -0.15) is 0 Å². The molecule has 0 unspecified atom stereocenters. The SMILES string of the molecule is CCn1cncc1COc1ccc(CNC(C)C)cc1Br. The van der Waals surface area contributed by atoms with E-state index in [-0.39, 0.29) is 0 Å². The van der Waals surface area contributed by atoms with Crippen LogP contribution in [0.3, 0.4) is 0 Å². The summed E-state index contributed by atoms with van der Waals surface area (Å²) in [4.78, 5) is 4.15. The first-order valence-corrected chi connectivity index (χ1v) is 8.03. The Morgan fingerprint density at radius 3 is 2.86 bits per heavy atom. The van der Waals surface area contributed by atoms with E-state index in [0.29, 0.717) is 12.6 Å². The molecule has 0 spiro atoms. The van der Waals surface area contributed by atoms with E-state index in [9.17, 15) is 0 Å². The number of halogens is 1. The van der Waals surface area contributed by atoms with Crippen molar-refractivity contribution in [3.8, 4) is 5.75 Å². The Balaban J connectivity index is 1.97. The highest BCUT2D eigenvalue weighted by Gasteiger charge is 2.06. The topological polar surface area (TPSA) is 39.1 Å². The highest BCUT2D eigenvalue weighted by atomic mass is 79.9. The number of aryl methyl sites for hydroxylation is 1. The molecule has 1 aromatic heterocycles. The molecule has 0 aliphatic rings. The van der Waals surface area contributed by atoms with Crippen LogP contribution < -0.4 is 10.1 Å². The molecule has 5 heteroatoms. The molecule has 0 saturated heterocycles. The van der Waals surface area contributed by atoms with Gasteiger partial charge < -0.3 is 14.6 Å². The molecule has 0 amide bonds. The molecule has 4 nitrogen and oxygen atoms in total. The highest BCUT2D eigenvalue weighted by Crippen LogP contribution is 2.26. The Labute approximate surface area is 134 Å². The fourth-order valence-electron chi connectivity index (χ4n) is 2.00. The number of benzene rings is 1. The second kappa shape index (κ2) is 7.61. The van der Waals surface area contributed by atoms with Gasteiger partial charge in [0.05, 0.1) is 22.7 Å². The summed E-state index contributed by atoms with van der Waals surface area (Å²) in [5.74, 6) is 0.854. The maximum atomic E-state index is 5.88. The van der Waals surface area contributed by atoms with Crippen LogP contribution in [0.2, 0.25) is 0 Å². The molecule has 0 atom stereocenters. The quantitative estimate of drug-likeness (QED) is 0.825. The van der Waals surface area contributed by atoms with Gasteiger partial charge in [0.1, 0.15) is 12.4 Å². The van der Waals surface area contributed by atoms with Crippen LogP contribution in [-0.2, 0) is 19.7 Å². The predicted octanol–water partition coefficient (Wildman–Crippen LogP) is 3.74. The molecule has 1 heterocycles. The fraction of sp³-hybridized carbons (Fsp3) is 0.438. The zero-order valence-electron chi connectivity index (χ0n) is 12.8. The van der Waals surface area contributed by atoms with Gasteiger partial charge in [0.2, 0.25) is 0 Å². The van der Waals surface area contributed by atoms with Crippen LogP contribution in [0, 0.1) is 0 Å². The minimum Gasteiger partial charge on any atom is -0.486 e. The minimum absolute atomic E-state index is 0.481. The zero-order valence-corrected chi connectivity index (χ0v) is 14.4. The van der Waals surface area contributed by atoms with Gasteiger partial charge in [0, 0.05) is 19.1 Å². The molecular weight excluding hydrogens is 330 g/mol. The van der Waals surface area contributed by atoms with Crippen LogP contribution in [0.1, 0.15) is 32.0 Å². The molecule has 0 aliphatic carbocycles. The third kappa shape index (κ3) is 4.58. The Hall–Kier alpha value is -1.33. The monoisotopic (exact) mass is 351 g/mol. The van der Waals surface area contributed by atoms with Crippen molar-refractivity contribution in [3.05, 3.63) is 46.5 Å². The van der Waals surface area contributed by atoms with E-state index >= 15 is 0 Å². The van der Waals surface area contributed by atoms with E-state index in [1.807, 2.05) is 18.6 Å². The van der Waals surface area contributed by atoms with Crippen molar-refractivity contribution in [2.75, 3.05) is 0 Å². The number of nitrogens with zero attached hydrogens (tertiary/aromatic N) is 2. The molecule has 0 aliphatic heterocycles. The fourth-order valence-corrected chi connectivity index (χ4v) is 2.54. The van der Waals surface area contributed by atoms with Crippen LogP contribution >= 0.6 is 15.9 Å². The second-order valence-electron chi connectivity index (χ2n) is 5.26. The van der Waals surface area contributed by atoms with Crippen molar-refractivity contribution in [2.24, 2.45) is 0 Å². The van der Waals surface area contributed by atoms with Crippen LogP contribution in [0.5, 0.6) is 5.75 Å². The first kappa shape index (κ1) is 16.0. The van der Waals surface area contributed by atoms with Gasteiger partial charge in [-0.05, 0) is 40.5 Å². The lowest BCUT2D eigenvalue weighted by Crippen LogP contribution is -2.21. The molecule has 114 valence electrons. The predicted molar refractivity (Wildman–Crippen MR) is 88.4 cm³/mol. The summed E-state index contributed by atoms with van der Waals surface area (Å²) in [5, 5.41) is 3.40. The summed E-state index contributed by atoms with van der Waals surface area (Å²) in [6.45, 7) is 8.67. The van der Waals surface area contributed by atoms with E-state index in [1.165, 1.54) is 5.56 Å². The summed E-state index contributed by atoms with van der Waals surface area (Å²) >= 11 is 3.58. The second-order valence-corrected chi connectivity index (χ2v) is 6.11. The van der Waals surface area contributed by atoms with Crippen molar-refractivity contribution >= 4 is 15.9 Å². The molecule has 0 saturated carbocycles. The van der Waals surface area contributed by atoms with Crippen molar-refractivity contribution < 1.29 is 4.74 Å². The molecular formula is C16H22BrN3O. The number of rotatable bonds is 7. The third-order valence-electron chi connectivity index (χ3n) is 3.23. The number of ether oxygens (including phenoxy) is 1. The molecule has 0 fully saturated rings. The van der Waals surface area contributed by atoms with E-state index in [4.69, 9.17) is 4.74 Å². The van der Waals surface area contributed by atoms with Crippen LogP contribution in [0.15, 0.2) is 35.2 Å². The Morgan fingerprint density at radius 2 is 2.19 bits per heavy atom. The van der Waals surface area contributed by atoms with Gasteiger partial charge >= 0.3 is 0 Å².